The van der Waals surface area contributed by atoms with Crippen molar-refractivity contribution in [3.63, 3.8) is 0 Å². The van der Waals surface area contributed by atoms with Crippen LogP contribution in [0.3, 0.4) is 0 Å². The molecule has 1 aromatic rings. The van der Waals surface area contributed by atoms with Gasteiger partial charge >= 0.3 is 0 Å². The van der Waals surface area contributed by atoms with E-state index in [2.05, 4.69) is 0 Å². The van der Waals surface area contributed by atoms with E-state index in [0.29, 0.717) is 0 Å². The summed E-state index contributed by atoms with van der Waals surface area (Å²) in [7, 11) is 0. The highest BCUT2D eigenvalue weighted by atomic mass is 16.5. The van der Waals surface area contributed by atoms with Crippen molar-refractivity contribution in [3.8, 4) is 5.75 Å². The fraction of sp³-hybridized carbons (Fsp3) is 0.500. The van der Waals surface area contributed by atoms with Crippen molar-refractivity contribution < 1.29 is 9.84 Å². The lowest BCUT2D eigenvalue weighted by atomic mass is 9.98. The number of ether oxygens (including phenoxy) is 1. The number of nitrogens with two attached hydrogens (primary N) is 1. The van der Waals surface area contributed by atoms with E-state index in [-0.39, 0.29) is 6.04 Å². The molecular weight excluding hydrogens is 190 g/mol. The smallest absolute Gasteiger partial charge is 0.125 e. The van der Waals surface area contributed by atoms with Crippen LogP contribution in [0.5, 0.6) is 5.75 Å². The number of hydrogen-bond donors (Lipinski definition) is 2. The van der Waals surface area contributed by atoms with Gasteiger partial charge in [-0.1, -0.05) is 0 Å². The number of aliphatic hydroxyl groups excluding tert-OH is 1. The predicted molar refractivity (Wildman–Crippen MR) is 59.0 cm³/mol. The van der Waals surface area contributed by atoms with Crippen molar-refractivity contribution in [1.82, 2.24) is 0 Å². The van der Waals surface area contributed by atoms with Crippen LogP contribution in [-0.4, -0.2) is 17.8 Å². The summed E-state index contributed by atoms with van der Waals surface area (Å²) in [6.07, 6.45) is 0.338. The Bertz CT molecular complexity index is 374. The average Bonchev–Trinajstić information content (AvgIpc) is 2.64. The summed E-state index contributed by atoms with van der Waals surface area (Å²) in [4.78, 5) is 0. The zero-order valence-corrected chi connectivity index (χ0v) is 9.16. The first-order valence-corrected chi connectivity index (χ1v) is 5.29. The van der Waals surface area contributed by atoms with E-state index in [4.69, 9.17) is 10.5 Å². The second kappa shape index (κ2) is 3.83. The van der Waals surface area contributed by atoms with Gasteiger partial charge in [0.1, 0.15) is 5.75 Å². The summed E-state index contributed by atoms with van der Waals surface area (Å²) in [6.45, 7) is 4.55. The van der Waals surface area contributed by atoms with E-state index < -0.39 is 6.10 Å². The number of rotatable bonds is 2. The molecule has 3 nitrogen and oxygen atoms in total. The minimum absolute atomic E-state index is 0.246. The number of benzene rings is 1. The van der Waals surface area contributed by atoms with Crippen LogP contribution in [0.1, 0.15) is 29.7 Å². The molecule has 0 fully saturated rings. The highest BCUT2D eigenvalue weighted by Gasteiger charge is 2.19. The third kappa shape index (κ3) is 1.85. The van der Waals surface area contributed by atoms with Gasteiger partial charge in [0.2, 0.25) is 0 Å². The number of aliphatic hydroxyl groups is 1. The minimum atomic E-state index is -0.588. The largest absolute Gasteiger partial charge is 0.493 e. The van der Waals surface area contributed by atoms with Gasteiger partial charge in [0, 0.05) is 12.5 Å². The van der Waals surface area contributed by atoms with E-state index in [1.54, 1.807) is 0 Å². The maximum Gasteiger partial charge on any atom is 0.125 e. The third-order valence-corrected chi connectivity index (χ3v) is 2.83. The van der Waals surface area contributed by atoms with Gasteiger partial charge in [0.05, 0.1) is 12.7 Å². The number of hydrogen-bond acceptors (Lipinski definition) is 3. The second-order valence-corrected chi connectivity index (χ2v) is 4.23. The standard InChI is InChI=1S/C12H17NO2/c1-7-5-10(11(14)8(2)13)6-9-3-4-15-12(7)9/h5-6,8,11,14H,3-4,13H2,1-2H3. The van der Waals surface area contributed by atoms with E-state index in [0.717, 1.165) is 29.9 Å². The minimum Gasteiger partial charge on any atom is -0.493 e. The first kappa shape index (κ1) is 10.5. The molecule has 1 heterocycles. The highest BCUT2D eigenvalue weighted by molar-refractivity contribution is 5.46. The van der Waals surface area contributed by atoms with Crippen LogP contribution < -0.4 is 10.5 Å². The molecule has 2 unspecified atom stereocenters. The van der Waals surface area contributed by atoms with Gasteiger partial charge < -0.3 is 15.6 Å². The molecule has 1 aliphatic rings. The fourth-order valence-corrected chi connectivity index (χ4v) is 2.01. The normalized spacial score (nSPS) is 18.1. The molecule has 3 N–H and O–H groups in total. The summed E-state index contributed by atoms with van der Waals surface area (Å²) in [5.74, 6) is 0.982. The molecule has 0 saturated carbocycles. The van der Waals surface area contributed by atoms with Crippen molar-refractivity contribution in [3.05, 3.63) is 28.8 Å². The predicted octanol–water partition coefficient (Wildman–Crippen LogP) is 1.31. The lowest BCUT2D eigenvalue weighted by Crippen LogP contribution is -2.24. The molecule has 0 radical (unpaired) electrons. The van der Waals surface area contributed by atoms with Gasteiger partial charge in [0.25, 0.3) is 0 Å². The number of fused-ring (bicyclic) bond motifs is 1. The molecule has 2 rings (SSSR count). The Labute approximate surface area is 89.9 Å². The Morgan fingerprint density at radius 2 is 2.20 bits per heavy atom. The van der Waals surface area contributed by atoms with E-state index in [9.17, 15) is 5.11 Å². The van der Waals surface area contributed by atoms with E-state index in [1.807, 2.05) is 26.0 Å². The molecule has 3 heteroatoms. The summed E-state index contributed by atoms with van der Waals surface area (Å²) in [6, 6.07) is 3.71. The van der Waals surface area contributed by atoms with Gasteiger partial charge in [-0.25, -0.2) is 0 Å². The van der Waals surface area contributed by atoms with Crippen LogP contribution in [0.15, 0.2) is 12.1 Å². The monoisotopic (exact) mass is 207 g/mol. The van der Waals surface area contributed by atoms with Gasteiger partial charge in [-0.2, -0.15) is 0 Å². The van der Waals surface area contributed by atoms with Crippen LogP contribution >= 0.6 is 0 Å². The van der Waals surface area contributed by atoms with E-state index >= 15 is 0 Å². The van der Waals surface area contributed by atoms with Crippen LogP contribution in [0, 0.1) is 6.92 Å². The molecule has 0 bridgehead atoms. The Kier molecular flexibility index (Phi) is 2.67. The molecule has 0 amide bonds. The van der Waals surface area contributed by atoms with E-state index in [1.165, 1.54) is 5.56 Å². The lowest BCUT2D eigenvalue weighted by Gasteiger charge is -2.16. The van der Waals surface area contributed by atoms with Crippen LogP contribution in [0.25, 0.3) is 0 Å². The molecule has 0 aromatic heterocycles. The molecule has 0 aliphatic carbocycles. The first-order valence-electron chi connectivity index (χ1n) is 5.29. The first-order chi connectivity index (χ1) is 7.09. The fourth-order valence-electron chi connectivity index (χ4n) is 2.01. The Morgan fingerprint density at radius 1 is 1.47 bits per heavy atom. The summed E-state index contributed by atoms with van der Waals surface area (Å²) >= 11 is 0. The molecule has 0 saturated heterocycles. The van der Waals surface area contributed by atoms with Gasteiger partial charge in [-0.3, -0.25) is 0 Å². The maximum atomic E-state index is 9.89. The van der Waals surface area contributed by atoms with Gasteiger partial charge in [-0.05, 0) is 42.7 Å². The molecule has 15 heavy (non-hydrogen) atoms. The van der Waals surface area contributed by atoms with Crippen molar-refractivity contribution >= 4 is 0 Å². The molecule has 1 aliphatic heterocycles. The topological polar surface area (TPSA) is 55.5 Å². The van der Waals surface area contributed by atoms with Gasteiger partial charge in [-0.15, -0.1) is 0 Å². The average molecular weight is 207 g/mol. The van der Waals surface area contributed by atoms with Crippen molar-refractivity contribution in [1.29, 1.82) is 0 Å². The van der Waals surface area contributed by atoms with Crippen LogP contribution in [0.2, 0.25) is 0 Å². The summed E-state index contributed by atoms with van der Waals surface area (Å²) < 4.78 is 5.51. The second-order valence-electron chi connectivity index (χ2n) is 4.23. The number of aryl methyl sites for hydroxylation is 1. The Hall–Kier alpha value is -1.06. The Morgan fingerprint density at radius 3 is 2.87 bits per heavy atom. The quantitative estimate of drug-likeness (QED) is 0.768. The summed E-state index contributed by atoms with van der Waals surface area (Å²) in [5, 5.41) is 9.89. The Balaban J connectivity index is 2.39. The summed E-state index contributed by atoms with van der Waals surface area (Å²) in [5.41, 5.74) is 8.85. The SMILES string of the molecule is Cc1cc(C(O)C(C)N)cc2c1OCC2. The van der Waals surface area contributed by atoms with Gasteiger partial charge in [0.15, 0.2) is 0 Å². The maximum absolute atomic E-state index is 9.89. The third-order valence-electron chi connectivity index (χ3n) is 2.83. The zero-order chi connectivity index (χ0) is 11.0. The molecule has 82 valence electrons. The molecular formula is C12H17NO2. The van der Waals surface area contributed by atoms with Crippen molar-refractivity contribution in [2.24, 2.45) is 5.73 Å². The van der Waals surface area contributed by atoms with Crippen molar-refractivity contribution in [2.75, 3.05) is 6.61 Å². The van der Waals surface area contributed by atoms with Crippen molar-refractivity contribution in [2.45, 2.75) is 32.4 Å². The van der Waals surface area contributed by atoms with Crippen LogP contribution in [0.4, 0.5) is 0 Å². The zero-order valence-electron chi connectivity index (χ0n) is 9.16. The molecule has 0 spiro atoms. The highest BCUT2D eigenvalue weighted by Crippen LogP contribution is 2.32. The molecule has 1 aromatic carbocycles. The lowest BCUT2D eigenvalue weighted by molar-refractivity contribution is 0.153. The molecule has 2 atom stereocenters. The van der Waals surface area contributed by atoms with Crippen LogP contribution in [-0.2, 0) is 6.42 Å².